The molecular formula is C6H3BaF5O3S. The first-order valence-corrected chi connectivity index (χ1v) is 4.61. The normalized spacial score (nSPS) is 11.1. The third kappa shape index (κ3) is 2.78. The van der Waals surface area contributed by atoms with Gasteiger partial charge < -0.3 is 0 Å². The van der Waals surface area contributed by atoms with Crippen LogP contribution >= 0.6 is 0 Å². The molecule has 0 aliphatic carbocycles. The van der Waals surface area contributed by atoms with Gasteiger partial charge in [-0.3, -0.25) is 4.55 Å². The van der Waals surface area contributed by atoms with Crippen molar-refractivity contribution in [2.24, 2.45) is 0 Å². The molecule has 0 heterocycles. The summed E-state index contributed by atoms with van der Waals surface area (Å²) in [5, 5.41) is 0. The molecule has 0 radical (unpaired) electrons. The molecule has 1 aromatic carbocycles. The maximum absolute atomic E-state index is 12.6. The van der Waals surface area contributed by atoms with Crippen molar-refractivity contribution in [2.75, 3.05) is 0 Å². The van der Waals surface area contributed by atoms with Crippen molar-refractivity contribution < 1.29 is 34.9 Å². The molecule has 0 unspecified atom stereocenters. The van der Waals surface area contributed by atoms with E-state index in [2.05, 4.69) is 0 Å². The Labute approximate surface area is 126 Å². The van der Waals surface area contributed by atoms with E-state index in [0.29, 0.717) is 0 Å². The van der Waals surface area contributed by atoms with Gasteiger partial charge >= 0.3 is 59.0 Å². The molecule has 1 N–H and O–H groups in total. The minimum atomic E-state index is -5.52. The van der Waals surface area contributed by atoms with Crippen LogP contribution in [-0.4, -0.2) is 61.9 Å². The number of benzene rings is 1. The number of hydrogen-bond acceptors (Lipinski definition) is 2. The fourth-order valence-electron chi connectivity index (χ4n) is 0.811. The van der Waals surface area contributed by atoms with Crippen LogP contribution in [0.2, 0.25) is 0 Å². The van der Waals surface area contributed by atoms with Gasteiger partial charge in [-0.05, 0) is 0 Å². The summed E-state index contributed by atoms with van der Waals surface area (Å²) in [7, 11) is -5.52. The van der Waals surface area contributed by atoms with Crippen LogP contribution in [0.3, 0.4) is 0 Å². The molecule has 3 nitrogen and oxygen atoms in total. The van der Waals surface area contributed by atoms with E-state index < -0.39 is 44.1 Å². The third-order valence-corrected chi connectivity index (χ3v) is 2.30. The van der Waals surface area contributed by atoms with Gasteiger partial charge in [0.1, 0.15) is 0 Å². The van der Waals surface area contributed by atoms with Crippen LogP contribution in [0.5, 0.6) is 0 Å². The van der Waals surface area contributed by atoms with Crippen LogP contribution in [0.1, 0.15) is 0 Å². The van der Waals surface area contributed by atoms with E-state index in [0.717, 1.165) is 0 Å². The summed E-state index contributed by atoms with van der Waals surface area (Å²) < 4.78 is 91.3. The van der Waals surface area contributed by atoms with Gasteiger partial charge in [0.15, 0.2) is 28.2 Å². The first kappa shape index (κ1) is 16.4. The zero-order valence-electron chi connectivity index (χ0n) is 6.56. The van der Waals surface area contributed by atoms with Crippen LogP contribution in [0.25, 0.3) is 0 Å². The van der Waals surface area contributed by atoms with Crippen LogP contribution in [0.4, 0.5) is 22.0 Å². The second-order valence-corrected chi connectivity index (χ2v) is 3.73. The van der Waals surface area contributed by atoms with Crippen molar-refractivity contribution >= 4 is 59.0 Å². The molecule has 0 aliphatic rings. The SMILES string of the molecule is O=S(=O)(O)c1c(F)c(F)c(F)c(F)c1F.[BaH2]. The predicted molar refractivity (Wildman–Crippen MR) is 44.6 cm³/mol. The molecule has 0 aromatic heterocycles. The molecule has 1 aromatic rings. The molecule has 0 saturated heterocycles. The van der Waals surface area contributed by atoms with Gasteiger partial charge in [-0.15, -0.1) is 0 Å². The van der Waals surface area contributed by atoms with Crippen molar-refractivity contribution in [2.45, 2.75) is 4.90 Å². The second-order valence-electron chi connectivity index (χ2n) is 2.37. The Kier molecular flexibility index (Phi) is 5.45. The summed E-state index contributed by atoms with van der Waals surface area (Å²) >= 11 is 0. The molecule has 0 atom stereocenters. The maximum atomic E-state index is 12.6. The zero-order valence-corrected chi connectivity index (χ0v) is 7.38. The summed E-state index contributed by atoms with van der Waals surface area (Å²) in [6, 6.07) is 0. The number of hydrogen-bond donors (Lipinski definition) is 1. The van der Waals surface area contributed by atoms with Gasteiger partial charge in [0, 0.05) is 0 Å². The van der Waals surface area contributed by atoms with E-state index in [9.17, 15) is 30.4 Å². The molecule has 0 fully saturated rings. The average Bonchev–Trinajstić information content (AvgIpc) is 2.09. The van der Waals surface area contributed by atoms with Crippen molar-refractivity contribution in [3.8, 4) is 0 Å². The Morgan fingerprint density at radius 1 is 0.750 bits per heavy atom. The van der Waals surface area contributed by atoms with E-state index in [1.54, 1.807) is 0 Å². The van der Waals surface area contributed by atoms with Gasteiger partial charge in [-0.2, -0.15) is 8.42 Å². The fraction of sp³-hybridized carbons (Fsp3) is 0. The molecule has 0 spiro atoms. The molecule has 0 amide bonds. The van der Waals surface area contributed by atoms with Crippen molar-refractivity contribution in [1.82, 2.24) is 0 Å². The monoisotopic (exact) mass is 388 g/mol. The van der Waals surface area contributed by atoms with Gasteiger partial charge in [0.25, 0.3) is 0 Å². The third-order valence-electron chi connectivity index (χ3n) is 1.43. The first-order valence-electron chi connectivity index (χ1n) is 3.16. The van der Waals surface area contributed by atoms with Crippen LogP contribution in [0, 0.1) is 29.1 Å². The Bertz CT molecular complexity index is 500. The Morgan fingerprint density at radius 3 is 1.25 bits per heavy atom. The second kappa shape index (κ2) is 5.33. The summed E-state index contributed by atoms with van der Waals surface area (Å²) in [5.41, 5.74) is 0. The average molecular weight is 387 g/mol. The summed E-state index contributed by atoms with van der Waals surface area (Å²) in [6.07, 6.45) is 0. The molecule has 0 aliphatic heterocycles. The van der Waals surface area contributed by atoms with E-state index in [-0.39, 0.29) is 48.9 Å². The standard InChI is InChI=1S/C6HF5O3S.Ba.2H/c7-1-2(8)4(10)6(15(12,13)14)5(11)3(1)9;;;/h(H,12,13,14);;;. The van der Waals surface area contributed by atoms with Gasteiger partial charge in [-0.25, -0.2) is 22.0 Å². The van der Waals surface area contributed by atoms with E-state index >= 15 is 0 Å². The van der Waals surface area contributed by atoms with Crippen LogP contribution in [-0.2, 0) is 10.1 Å². The van der Waals surface area contributed by atoms with Crippen molar-refractivity contribution in [1.29, 1.82) is 0 Å². The Balaban J connectivity index is 0.00000225. The molecule has 0 saturated carbocycles. The predicted octanol–water partition coefficient (Wildman–Crippen LogP) is 0.713. The van der Waals surface area contributed by atoms with Crippen molar-refractivity contribution in [3.05, 3.63) is 29.1 Å². The molecule has 16 heavy (non-hydrogen) atoms. The van der Waals surface area contributed by atoms with E-state index in [1.807, 2.05) is 0 Å². The Hall–Kier alpha value is 0.351. The summed E-state index contributed by atoms with van der Waals surface area (Å²) in [6.45, 7) is 0. The quantitative estimate of drug-likeness (QED) is 0.254. The van der Waals surface area contributed by atoms with Gasteiger partial charge in [0.05, 0.1) is 0 Å². The molecule has 0 bridgehead atoms. The molecular weight excluding hydrogens is 384 g/mol. The Morgan fingerprint density at radius 2 is 1.00 bits per heavy atom. The first-order chi connectivity index (χ1) is 6.68. The molecule has 88 valence electrons. The molecule has 10 heteroatoms. The fourth-order valence-corrected chi connectivity index (χ4v) is 1.44. The zero-order chi connectivity index (χ0) is 12.0. The number of halogens is 5. The van der Waals surface area contributed by atoms with Crippen molar-refractivity contribution in [3.63, 3.8) is 0 Å². The van der Waals surface area contributed by atoms with Crippen LogP contribution < -0.4 is 0 Å². The topological polar surface area (TPSA) is 54.4 Å². The van der Waals surface area contributed by atoms with E-state index in [1.165, 1.54) is 0 Å². The minimum absolute atomic E-state index is 0. The number of rotatable bonds is 1. The van der Waals surface area contributed by atoms with Gasteiger partial charge in [0.2, 0.25) is 5.82 Å². The van der Waals surface area contributed by atoms with Gasteiger partial charge in [-0.1, -0.05) is 0 Å². The van der Waals surface area contributed by atoms with E-state index in [4.69, 9.17) is 4.55 Å². The van der Waals surface area contributed by atoms with Crippen LogP contribution in [0.15, 0.2) is 4.90 Å². The summed E-state index contributed by atoms with van der Waals surface area (Å²) in [5.74, 6) is -12.6. The summed E-state index contributed by atoms with van der Waals surface area (Å²) in [4.78, 5) is -2.26. The molecule has 1 rings (SSSR count).